The first-order chi connectivity index (χ1) is 15.7. The van der Waals surface area contributed by atoms with E-state index < -0.39 is 20.7 Å². The molecule has 0 spiro atoms. The van der Waals surface area contributed by atoms with Crippen LogP contribution in [0.15, 0.2) is 59.6 Å². The third kappa shape index (κ3) is 3.94. The molecule has 2 aliphatic rings. The van der Waals surface area contributed by atoms with Crippen LogP contribution in [0, 0.1) is 11.7 Å². The Morgan fingerprint density at radius 1 is 1.18 bits per heavy atom. The minimum atomic E-state index is -4.22. The minimum absolute atomic E-state index is 0.0877. The molecule has 6 nitrogen and oxygen atoms in total. The van der Waals surface area contributed by atoms with Gasteiger partial charge in [-0.3, -0.25) is 9.78 Å². The Hall–Kier alpha value is -3.10. The molecule has 1 amide bonds. The summed E-state index contributed by atoms with van der Waals surface area (Å²) in [6.45, 7) is 2.54. The highest BCUT2D eigenvalue weighted by Crippen LogP contribution is 2.42. The number of sulfonamides is 1. The molecule has 0 radical (unpaired) electrons. The van der Waals surface area contributed by atoms with Crippen molar-refractivity contribution in [2.24, 2.45) is 11.1 Å². The molecule has 0 saturated heterocycles. The highest BCUT2D eigenvalue weighted by atomic mass is 32.2. The van der Waals surface area contributed by atoms with Gasteiger partial charge in [0.05, 0.1) is 5.69 Å². The van der Waals surface area contributed by atoms with Gasteiger partial charge in [0.1, 0.15) is 10.7 Å². The number of pyridine rings is 1. The lowest BCUT2D eigenvalue weighted by molar-refractivity contribution is -0.119. The highest BCUT2D eigenvalue weighted by Gasteiger charge is 2.34. The third-order valence-corrected chi connectivity index (χ3v) is 7.78. The summed E-state index contributed by atoms with van der Waals surface area (Å²) in [4.78, 5) is 18.7. The maximum atomic E-state index is 14.2. The Morgan fingerprint density at radius 2 is 2.00 bits per heavy atom. The number of aromatic nitrogens is 1. The van der Waals surface area contributed by atoms with Crippen molar-refractivity contribution >= 4 is 21.6 Å². The SMILES string of the molecule is C[C@H]1c2ccc(-c3ccccn3)cc2C[C@@H]1CC(=O)N1CCc2cc(F)c(S(N)(=O)=O)cc21. The number of carbonyl (C=O) groups excluding carboxylic acids is 1. The second-order valence-electron chi connectivity index (χ2n) is 8.84. The molecule has 170 valence electrons. The molecule has 1 aromatic heterocycles. The van der Waals surface area contributed by atoms with Crippen molar-refractivity contribution in [3.8, 4) is 11.3 Å². The Bertz CT molecular complexity index is 1360. The summed E-state index contributed by atoms with van der Waals surface area (Å²) in [5.74, 6) is -0.616. The van der Waals surface area contributed by atoms with Crippen LogP contribution >= 0.6 is 0 Å². The molecule has 1 aliphatic carbocycles. The van der Waals surface area contributed by atoms with E-state index in [0.717, 1.165) is 17.7 Å². The van der Waals surface area contributed by atoms with Gasteiger partial charge in [-0.25, -0.2) is 17.9 Å². The standard InChI is InChI=1S/C25H24FN3O3S/c1-15-18(11-19-10-16(5-6-20(15)19)22-4-2-3-8-28-22)13-25(30)29-9-7-17-12-21(26)24(14-23(17)29)33(27,31)32/h2-6,8,10,12,14-15,18H,7,9,11,13H2,1H3,(H2,27,31,32)/t15-,18-/m1/s1. The normalized spacial score (nSPS) is 19.4. The fourth-order valence-corrected chi connectivity index (χ4v) is 5.69. The van der Waals surface area contributed by atoms with Crippen molar-refractivity contribution in [2.75, 3.05) is 11.4 Å². The van der Waals surface area contributed by atoms with Crippen LogP contribution in [0.2, 0.25) is 0 Å². The molecule has 0 fully saturated rings. The first-order valence-corrected chi connectivity index (χ1v) is 12.5. The summed E-state index contributed by atoms with van der Waals surface area (Å²) < 4.78 is 37.7. The number of hydrogen-bond donors (Lipinski definition) is 1. The third-order valence-electron chi connectivity index (χ3n) is 6.86. The van der Waals surface area contributed by atoms with E-state index in [1.54, 1.807) is 11.1 Å². The zero-order valence-electron chi connectivity index (χ0n) is 18.2. The van der Waals surface area contributed by atoms with E-state index >= 15 is 0 Å². The molecule has 1 aliphatic heterocycles. The summed E-state index contributed by atoms with van der Waals surface area (Å²) in [5, 5.41) is 5.15. The van der Waals surface area contributed by atoms with E-state index in [0.29, 0.717) is 30.6 Å². The number of halogens is 1. The number of hydrogen-bond acceptors (Lipinski definition) is 4. The van der Waals surface area contributed by atoms with Crippen LogP contribution in [-0.4, -0.2) is 25.9 Å². The smallest absolute Gasteiger partial charge is 0.241 e. The first-order valence-electron chi connectivity index (χ1n) is 10.9. The van der Waals surface area contributed by atoms with Crippen molar-refractivity contribution in [2.45, 2.75) is 37.0 Å². The van der Waals surface area contributed by atoms with Gasteiger partial charge in [0.2, 0.25) is 15.9 Å². The molecule has 2 atom stereocenters. The van der Waals surface area contributed by atoms with Gasteiger partial charge < -0.3 is 4.90 Å². The molecule has 2 N–H and O–H groups in total. The molecule has 2 aromatic carbocycles. The Morgan fingerprint density at radius 3 is 2.73 bits per heavy atom. The average Bonchev–Trinajstić information content (AvgIpc) is 3.33. The number of anilines is 1. The lowest BCUT2D eigenvalue weighted by Gasteiger charge is -2.22. The molecule has 0 saturated carbocycles. The first kappa shape index (κ1) is 21.7. The van der Waals surface area contributed by atoms with Crippen molar-refractivity contribution in [3.63, 3.8) is 0 Å². The van der Waals surface area contributed by atoms with Gasteiger partial charge in [-0.2, -0.15) is 0 Å². The highest BCUT2D eigenvalue weighted by molar-refractivity contribution is 7.89. The van der Waals surface area contributed by atoms with Crippen molar-refractivity contribution < 1.29 is 17.6 Å². The van der Waals surface area contributed by atoms with Crippen LogP contribution in [-0.2, 0) is 27.7 Å². The van der Waals surface area contributed by atoms with Gasteiger partial charge in [-0.1, -0.05) is 25.1 Å². The van der Waals surface area contributed by atoms with E-state index in [1.165, 1.54) is 23.3 Å². The van der Waals surface area contributed by atoms with Crippen LogP contribution in [0.3, 0.4) is 0 Å². The van der Waals surface area contributed by atoms with Gasteiger partial charge in [0.25, 0.3) is 0 Å². The molecule has 0 unspecified atom stereocenters. The van der Waals surface area contributed by atoms with E-state index in [-0.39, 0.29) is 17.7 Å². The molecule has 3 aromatic rings. The number of rotatable bonds is 4. The topological polar surface area (TPSA) is 93.4 Å². The second-order valence-corrected chi connectivity index (χ2v) is 10.4. The number of benzene rings is 2. The molecular weight excluding hydrogens is 441 g/mol. The number of primary sulfonamides is 1. The van der Waals surface area contributed by atoms with Gasteiger partial charge in [-0.05, 0) is 71.7 Å². The van der Waals surface area contributed by atoms with E-state index in [1.807, 2.05) is 18.2 Å². The zero-order valence-corrected chi connectivity index (χ0v) is 19.0. The number of amides is 1. The van der Waals surface area contributed by atoms with Gasteiger partial charge in [0, 0.05) is 30.4 Å². The number of carbonyl (C=O) groups is 1. The predicted molar refractivity (Wildman–Crippen MR) is 124 cm³/mol. The van der Waals surface area contributed by atoms with E-state index in [2.05, 4.69) is 30.1 Å². The summed E-state index contributed by atoms with van der Waals surface area (Å²) >= 11 is 0. The predicted octanol–water partition coefficient (Wildman–Crippen LogP) is 3.79. The van der Waals surface area contributed by atoms with Gasteiger partial charge in [-0.15, -0.1) is 0 Å². The molecule has 33 heavy (non-hydrogen) atoms. The Balaban J connectivity index is 1.36. The van der Waals surface area contributed by atoms with Crippen LogP contribution in [0.1, 0.15) is 36.0 Å². The lowest BCUT2D eigenvalue weighted by atomic mass is 9.91. The molecular formula is C25H24FN3O3S. The van der Waals surface area contributed by atoms with Crippen LogP contribution < -0.4 is 10.0 Å². The fraction of sp³-hybridized carbons (Fsp3) is 0.280. The Kier molecular flexibility index (Phi) is 5.29. The van der Waals surface area contributed by atoms with Crippen molar-refractivity contribution in [3.05, 3.63) is 77.2 Å². The number of nitrogens with zero attached hydrogens (tertiary/aromatic N) is 2. The fourth-order valence-electron chi connectivity index (χ4n) is 5.08. The minimum Gasteiger partial charge on any atom is -0.312 e. The van der Waals surface area contributed by atoms with E-state index in [9.17, 15) is 17.6 Å². The summed E-state index contributed by atoms with van der Waals surface area (Å²) in [7, 11) is -4.22. The van der Waals surface area contributed by atoms with Crippen molar-refractivity contribution in [1.82, 2.24) is 4.98 Å². The van der Waals surface area contributed by atoms with Crippen LogP contribution in [0.25, 0.3) is 11.3 Å². The second kappa shape index (κ2) is 8.04. The zero-order chi connectivity index (χ0) is 23.3. The maximum absolute atomic E-state index is 14.2. The lowest BCUT2D eigenvalue weighted by Crippen LogP contribution is -2.31. The monoisotopic (exact) mass is 465 g/mol. The number of fused-ring (bicyclic) bond motifs is 2. The quantitative estimate of drug-likeness (QED) is 0.634. The summed E-state index contributed by atoms with van der Waals surface area (Å²) in [5.41, 5.74) is 5.50. The summed E-state index contributed by atoms with van der Waals surface area (Å²) in [6, 6.07) is 14.5. The Labute approximate surface area is 192 Å². The molecule has 8 heteroatoms. The number of nitrogens with two attached hydrogens (primary N) is 1. The molecule has 5 rings (SSSR count). The van der Waals surface area contributed by atoms with Crippen LogP contribution in [0.5, 0.6) is 0 Å². The van der Waals surface area contributed by atoms with Crippen molar-refractivity contribution in [1.29, 1.82) is 0 Å². The maximum Gasteiger partial charge on any atom is 0.241 e. The summed E-state index contributed by atoms with van der Waals surface area (Å²) in [6.07, 6.45) is 3.37. The molecule has 0 bridgehead atoms. The van der Waals surface area contributed by atoms with E-state index in [4.69, 9.17) is 5.14 Å². The molecule has 2 heterocycles. The van der Waals surface area contributed by atoms with Crippen LogP contribution in [0.4, 0.5) is 10.1 Å². The average molecular weight is 466 g/mol. The van der Waals surface area contributed by atoms with Gasteiger partial charge in [0.15, 0.2) is 0 Å². The van der Waals surface area contributed by atoms with Gasteiger partial charge >= 0.3 is 0 Å². The largest absolute Gasteiger partial charge is 0.312 e.